The van der Waals surface area contributed by atoms with Crippen LogP contribution >= 0.6 is 11.6 Å². The predicted molar refractivity (Wildman–Crippen MR) is 117 cm³/mol. The molecule has 0 aliphatic carbocycles. The van der Waals surface area contributed by atoms with E-state index in [0.717, 1.165) is 53.6 Å². The lowest BCUT2D eigenvalue weighted by atomic mass is 10.0. The Morgan fingerprint density at radius 3 is 2.97 bits per heavy atom. The van der Waals surface area contributed by atoms with Gasteiger partial charge in [0.25, 0.3) is 0 Å². The molecule has 1 atom stereocenters. The molecule has 5 nitrogen and oxygen atoms in total. The Labute approximate surface area is 180 Å². The summed E-state index contributed by atoms with van der Waals surface area (Å²) in [4.78, 5) is 13.6. The molecule has 0 saturated carbocycles. The fraction of sp³-hybridized carbons (Fsp3) is 0.391. The van der Waals surface area contributed by atoms with Crippen molar-refractivity contribution in [3.05, 3.63) is 58.6 Å². The average Bonchev–Trinajstić information content (AvgIpc) is 3.18. The van der Waals surface area contributed by atoms with Crippen LogP contribution < -0.4 is 9.64 Å². The summed E-state index contributed by atoms with van der Waals surface area (Å²) in [5, 5.41) is 1.84. The number of aromatic nitrogens is 2. The minimum atomic E-state index is -0.399. The van der Waals surface area contributed by atoms with Crippen LogP contribution in [0.5, 0.6) is 6.01 Å². The molecule has 2 aliphatic heterocycles. The second-order valence-electron chi connectivity index (χ2n) is 8.12. The van der Waals surface area contributed by atoms with Gasteiger partial charge in [-0.05, 0) is 55.9 Å². The number of ether oxygens (including phenoxy) is 1. The van der Waals surface area contributed by atoms with E-state index in [4.69, 9.17) is 21.3 Å². The van der Waals surface area contributed by atoms with Gasteiger partial charge in [0.1, 0.15) is 12.4 Å². The number of fused-ring (bicyclic) bond motifs is 2. The fourth-order valence-electron chi connectivity index (χ4n) is 4.48. The van der Waals surface area contributed by atoms with Gasteiger partial charge in [-0.25, -0.2) is 9.37 Å². The number of nitrogens with zero attached hydrogens (tertiary/aromatic N) is 4. The molecule has 1 saturated heterocycles. The largest absolute Gasteiger partial charge is 0.462 e. The molecule has 156 valence electrons. The molecule has 30 heavy (non-hydrogen) atoms. The van der Waals surface area contributed by atoms with Crippen LogP contribution in [0.1, 0.15) is 24.1 Å². The van der Waals surface area contributed by atoms with Gasteiger partial charge in [-0.2, -0.15) is 4.98 Å². The highest BCUT2D eigenvalue weighted by atomic mass is 35.5. The first-order chi connectivity index (χ1) is 14.6. The summed E-state index contributed by atoms with van der Waals surface area (Å²) < 4.78 is 20.1. The van der Waals surface area contributed by atoms with Crippen molar-refractivity contribution < 1.29 is 9.13 Å². The summed E-state index contributed by atoms with van der Waals surface area (Å²) in [5.74, 6) is -0.399. The molecule has 0 bridgehead atoms. The molecule has 0 spiro atoms. The van der Waals surface area contributed by atoms with E-state index >= 15 is 0 Å². The SMILES string of the molecule is CN1CCC[C@H]1COc1ncc2c(n1)CN(c1cccc3ccc(F)c(Cl)c13)CC2. The molecule has 0 amide bonds. The van der Waals surface area contributed by atoms with E-state index in [1.807, 2.05) is 24.4 Å². The highest BCUT2D eigenvalue weighted by molar-refractivity contribution is 6.36. The molecule has 7 heteroatoms. The van der Waals surface area contributed by atoms with Crippen LogP contribution in [0.2, 0.25) is 5.02 Å². The maximum Gasteiger partial charge on any atom is 0.316 e. The van der Waals surface area contributed by atoms with Crippen LogP contribution in [-0.2, 0) is 13.0 Å². The minimum Gasteiger partial charge on any atom is -0.462 e. The second-order valence-corrected chi connectivity index (χ2v) is 8.50. The Morgan fingerprint density at radius 2 is 2.13 bits per heavy atom. The third-order valence-electron chi connectivity index (χ3n) is 6.25. The van der Waals surface area contributed by atoms with E-state index < -0.39 is 5.82 Å². The van der Waals surface area contributed by atoms with Crippen LogP contribution in [0.15, 0.2) is 36.5 Å². The highest BCUT2D eigenvalue weighted by Gasteiger charge is 2.24. The molecule has 2 aromatic carbocycles. The van der Waals surface area contributed by atoms with Gasteiger partial charge in [-0.1, -0.05) is 29.8 Å². The van der Waals surface area contributed by atoms with Crippen molar-refractivity contribution in [2.24, 2.45) is 0 Å². The van der Waals surface area contributed by atoms with E-state index in [1.165, 1.54) is 12.5 Å². The number of likely N-dealkylation sites (tertiary alicyclic amines) is 1. The number of hydrogen-bond acceptors (Lipinski definition) is 5. The van der Waals surface area contributed by atoms with Crippen LogP contribution in [0.25, 0.3) is 10.8 Å². The van der Waals surface area contributed by atoms with Crippen molar-refractivity contribution in [2.45, 2.75) is 31.8 Å². The molecule has 1 fully saturated rings. The Hall–Kier alpha value is -2.44. The Balaban J connectivity index is 1.40. The highest BCUT2D eigenvalue weighted by Crippen LogP contribution is 2.36. The summed E-state index contributed by atoms with van der Waals surface area (Å²) in [6.45, 7) is 3.14. The zero-order valence-corrected chi connectivity index (χ0v) is 17.7. The second kappa shape index (κ2) is 8.00. The van der Waals surface area contributed by atoms with E-state index in [9.17, 15) is 4.39 Å². The summed E-state index contributed by atoms with van der Waals surface area (Å²) in [7, 11) is 2.13. The lowest BCUT2D eigenvalue weighted by molar-refractivity contribution is 0.187. The first-order valence-electron chi connectivity index (χ1n) is 10.4. The lowest BCUT2D eigenvalue weighted by Crippen LogP contribution is -2.32. The number of benzene rings is 2. The van der Waals surface area contributed by atoms with Crippen LogP contribution in [0.3, 0.4) is 0 Å². The van der Waals surface area contributed by atoms with Gasteiger partial charge < -0.3 is 14.5 Å². The number of anilines is 1. The third-order valence-corrected chi connectivity index (χ3v) is 6.62. The molecule has 3 heterocycles. The lowest BCUT2D eigenvalue weighted by Gasteiger charge is -2.31. The molecular formula is C23H24ClFN4O. The molecule has 1 aromatic heterocycles. The summed E-state index contributed by atoms with van der Waals surface area (Å²) in [5.41, 5.74) is 3.01. The van der Waals surface area contributed by atoms with Gasteiger partial charge in [0.15, 0.2) is 0 Å². The average molecular weight is 427 g/mol. The third kappa shape index (κ3) is 3.59. The van der Waals surface area contributed by atoms with E-state index in [0.29, 0.717) is 25.2 Å². The van der Waals surface area contributed by atoms with Crippen molar-refractivity contribution in [3.8, 4) is 6.01 Å². The van der Waals surface area contributed by atoms with Crippen molar-refractivity contribution in [2.75, 3.05) is 31.6 Å². The standard InChI is InChI=1S/C23H24ClFN4O/c1-28-10-3-5-17(28)14-30-23-26-12-16-9-11-29(13-19(16)27-23)20-6-2-4-15-7-8-18(25)22(24)21(15)20/h2,4,6-8,12,17H,3,5,9-11,13-14H2,1H3/t17-/m0/s1. The number of hydrogen-bond donors (Lipinski definition) is 0. The topological polar surface area (TPSA) is 41.5 Å². The smallest absolute Gasteiger partial charge is 0.316 e. The Kier molecular flexibility index (Phi) is 5.21. The quantitative estimate of drug-likeness (QED) is 0.616. The first kappa shape index (κ1) is 19.5. The number of halogens is 2. The van der Waals surface area contributed by atoms with Gasteiger partial charge in [0, 0.05) is 29.9 Å². The molecule has 2 aliphatic rings. The molecule has 0 radical (unpaired) electrons. The van der Waals surface area contributed by atoms with Crippen molar-refractivity contribution >= 4 is 28.1 Å². The molecule has 0 N–H and O–H groups in total. The van der Waals surface area contributed by atoms with Gasteiger partial charge in [0.05, 0.1) is 17.3 Å². The Bertz CT molecular complexity index is 1090. The first-order valence-corrected chi connectivity index (χ1v) is 10.8. The van der Waals surface area contributed by atoms with Gasteiger partial charge in [0.2, 0.25) is 0 Å². The zero-order chi connectivity index (χ0) is 20.7. The van der Waals surface area contributed by atoms with E-state index in [-0.39, 0.29) is 5.02 Å². The van der Waals surface area contributed by atoms with Crippen molar-refractivity contribution in [1.82, 2.24) is 14.9 Å². The van der Waals surface area contributed by atoms with E-state index in [2.05, 4.69) is 21.8 Å². The maximum absolute atomic E-state index is 14.1. The van der Waals surface area contributed by atoms with E-state index in [1.54, 1.807) is 6.07 Å². The number of likely N-dealkylation sites (N-methyl/N-ethyl adjacent to an activating group) is 1. The fourth-order valence-corrected chi connectivity index (χ4v) is 4.74. The maximum atomic E-state index is 14.1. The predicted octanol–water partition coefficient (Wildman–Crippen LogP) is 4.46. The van der Waals surface area contributed by atoms with Crippen LogP contribution in [0.4, 0.5) is 10.1 Å². The monoisotopic (exact) mass is 426 g/mol. The molecule has 3 aromatic rings. The zero-order valence-electron chi connectivity index (χ0n) is 16.9. The molecular weight excluding hydrogens is 403 g/mol. The number of rotatable bonds is 4. The molecule has 0 unspecified atom stereocenters. The summed E-state index contributed by atoms with van der Waals surface area (Å²) >= 11 is 6.34. The summed E-state index contributed by atoms with van der Waals surface area (Å²) in [6.07, 6.45) is 5.06. The minimum absolute atomic E-state index is 0.168. The van der Waals surface area contributed by atoms with Crippen molar-refractivity contribution in [1.29, 1.82) is 0 Å². The van der Waals surface area contributed by atoms with Crippen LogP contribution in [-0.4, -0.2) is 47.7 Å². The normalized spacial score (nSPS) is 19.3. The van der Waals surface area contributed by atoms with Gasteiger partial charge in [-0.3, -0.25) is 0 Å². The van der Waals surface area contributed by atoms with Crippen molar-refractivity contribution in [3.63, 3.8) is 0 Å². The Morgan fingerprint density at radius 1 is 1.23 bits per heavy atom. The van der Waals surface area contributed by atoms with Gasteiger partial charge in [-0.15, -0.1) is 0 Å². The van der Waals surface area contributed by atoms with Crippen LogP contribution in [0, 0.1) is 5.82 Å². The molecule has 5 rings (SSSR count). The van der Waals surface area contributed by atoms with Gasteiger partial charge >= 0.3 is 6.01 Å². The summed E-state index contributed by atoms with van der Waals surface area (Å²) in [6, 6.07) is 9.97.